The first-order valence-corrected chi connectivity index (χ1v) is 11.8. The minimum absolute atomic E-state index is 0.137. The molecule has 0 aliphatic rings. The maximum Gasteiger partial charge on any atom is 0.240 e. The van der Waals surface area contributed by atoms with Crippen molar-refractivity contribution in [3.8, 4) is 0 Å². The second kappa shape index (κ2) is 9.11. The van der Waals surface area contributed by atoms with Crippen LogP contribution >= 0.6 is 11.8 Å². The van der Waals surface area contributed by atoms with Crippen LogP contribution in [0.2, 0.25) is 0 Å². The number of amides is 1. The second-order valence-corrected chi connectivity index (χ2v) is 10.1. The highest BCUT2D eigenvalue weighted by Crippen LogP contribution is 2.30. The zero-order chi connectivity index (χ0) is 20.9. The molecule has 5 nitrogen and oxygen atoms in total. The number of sulfonamides is 1. The molecule has 0 radical (unpaired) electrons. The van der Waals surface area contributed by atoms with Crippen molar-refractivity contribution in [2.75, 3.05) is 11.6 Å². The average Bonchev–Trinajstić information content (AvgIpc) is 2.61. The first kappa shape index (κ1) is 22.5. The van der Waals surface area contributed by atoms with Crippen molar-refractivity contribution in [3.63, 3.8) is 0 Å². The van der Waals surface area contributed by atoms with Gasteiger partial charge in [0.05, 0.1) is 10.6 Å². The van der Waals surface area contributed by atoms with Gasteiger partial charge in [0.1, 0.15) is 0 Å². The molecule has 0 bridgehead atoms. The van der Waals surface area contributed by atoms with Crippen LogP contribution in [0.1, 0.15) is 39.7 Å². The molecule has 28 heavy (non-hydrogen) atoms. The third-order valence-corrected chi connectivity index (χ3v) is 6.90. The monoisotopic (exact) mass is 420 g/mol. The molecule has 0 fully saturated rings. The Morgan fingerprint density at radius 2 is 1.79 bits per heavy atom. The fourth-order valence-electron chi connectivity index (χ4n) is 3.29. The van der Waals surface area contributed by atoms with E-state index in [1.807, 2.05) is 31.4 Å². The van der Waals surface area contributed by atoms with Gasteiger partial charge in [-0.1, -0.05) is 44.2 Å². The minimum atomic E-state index is -3.71. The summed E-state index contributed by atoms with van der Waals surface area (Å²) < 4.78 is 28.5. The summed E-state index contributed by atoms with van der Waals surface area (Å²) >= 11 is 1.45. The predicted octanol–water partition coefficient (Wildman–Crippen LogP) is 4.40. The van der Waals surface area contributed by atoms with Crippen LogP contribution in [0.4, 0.5) is 5.69 Å². The van der Waals surface area contributed by atoms with Crippen LogP contribution in [0.15, 0.2) is 58.3 Å². The number of rotatable bonds is 8. The van der Waals surface area contributed by atoms with E-state index in [2.05, 4.69) is 36.0 Å². The second-order valence-electron chi connectivity index (χ2n) is 7.52. The molecule has 0 unspecified atom stereocenters. The summed E-state index contributed by atoms with van der Waals surface area (Å²) in [6, 6.07) is 14.6. The summed E-state index contributed by atoms with van der Waals surface area (Å²) in [6.07, 6.45) is 2.53. The minimum Gasteiger partial charge on any atom is -0.325 e. The van der Waals surface area contributed by atoms with E-state index in [1.54, 1.807) is 12.1 Å². The summed E-state index contributed by atoms with van der Waals surface area (Å²) in [5, 5.41) is 2.70. The van der Waals surface area contributed by atoms with Gasteiger partial charge in [0.2, 0.25) is 15.9 Å². The summed E-state index contributed by atoms with van der Waals surface area (Å²) in [4.78, 5) is 12.4. The Balaban J connectivity index is 2.19. The maximum absolute atomic E-state index is 12.9. The third-order valence-electron chi connectivity index (χ3n) is 4.52. The molecule has 1 atom stereocenters. The van der Waals surface area contributed by atoms with Gasteiger partial charge in [0, 0.05) is 17.9 Å². The molecule has 1 amide bonds. The fourth-order valence-corrected chi connectivity index (χ4v) is 5.09. The molecule has 2 aromatic carbocycles. The quantitative estimate of drug-likeness (QED) is 0.621. The zero-order valence-electron chi connectivity index (χ0n) is 16.9. The van der Waals surface area contributed by atoms with Crippen molar-refractivity contribution in [1.29, 1.82) is 0 Å². The van der Waals surface area contributed by atoms with Crippen LogP contribution in [0, 0.1) is 0 Å². The number of carbonyl (C=O) groups is 1. The Morgan fingerprint density at radius 1 is 1.14 bits per heavy atom. The van der Waals surface area contributed by atoms with Crippen molar-refractivity contribution in [1.82, 2.24) is 4.72 Å². The van der Waals surface area contributed by atoms with E-state index in [-0.39, 0.29) is 22.3 Å². The van der Waals surface area contributed by atoms with E-state index < -0.39 is 10.0 Å². The fraction of sp³-hybridized carbons (Fsp3) is 0.381. The van der Waals surface area contributed by atoms with Crippen molar-refractivity contribution in [3.05, 3.63) is 54.1 Å². The molecule has 0 aliphatic carbocycles. The number of hydrogen-bond acceptors (Lipinski definition) is 4. The molecule has 2 rings (SSSR count). The third kappa shape index (κ3) is 5.83. The summed E-state index contributed by atoms with van der Waals surface area (Å²) in [5.74, 6) is -0.240. The normalized spacial score (nSPS) is 13.2. The lowest BCUT2D eigenvalue weighted by atomic mass is 9.79. The van der Waals surface area contributed by atoms with Crippen molar-refractivity contribution >= 4 is 33.4 Å². The lowest BCUT2D eigenvalue weighted by Crippen LogP contribution is -2.37. The van der Waals surface area contributed by atoms with Gasteiger partial charge in [-0.05, 0) is 48.8 Å². The lowest BCUT2D eigenvalue weighted by Gasteiger charge is -2.29. The summed E-state index contributed by atoms with van der Waals surface area (Å²) in [5.41, 5.74) is 1.49. The van der Waals surface area contributed by atoms with Crippen LogP contribution in [0.3, 0.4) is 0 Å². The first-order valence-electron chi connectivity index (χ1n) is 9.08. The van der Waals surface area contributed by atoms with Gasteiger partial charge in [0.15, 0.2) is 0 Å². The zero-order valence-corrected chi connectivity index (χ0v) is 18.6. The van der Waals surface area contributed by atoms with E-state index >= 15 is 0 Å². The maximum atomic E-state index is 12.9. The highest BCUT2D eigenvalue weighted by atomic mass is 32.2. The number of thioether (sulfide) groups is 1. The Morgan fingerprint density at radius 3 is 2.36 bits per heavy atom. The molecule has 2 aromatic rings. The number of carbonyl (C=O) groups excluding carboxylic acids is 1. The molecule has 0 aromatic heterocycles. The highest BCUT2D eigenvalue weighted by molar-refractivity contribution is 7.98. The molecule has 2 N–H and O–H groups in total. The smallest absolute Gasteiger partial charge is 0.240 e. The molecular weight excluding hydrogens is 392 g/mol. The van der Waals surface area contributed by atoms with Gasteiger partial charge >= 0.3 is 0 Å². The van der Waals surface area contributed by atoms with E-state index in [1.165, 1.54) is 30.3 Å². The lowest BCUT2D eigenvalue weighted by molar-refractivity contribution is -0.114. The van der Waals surface area contributed by atoms with Crippen LogP contribution in [-0.2, 0) is 20.2 Å². The average molecular weight is 421 g/mol. The molecule has 0 heterocycles. The number of anilines is 1. The van der Waals surface area contributed by atoms with Crippen LogP contribution in [-0.4, -0.2) is 26.6 Å². The molecule has 0 saturated heterocycles. The number of hydrogen-bond donors (Lipinski definition) is 2. The van der Waals surface area contributed by atoms with E-state index in [9.17, 15) is 13.2 Å². The predicted molar refractivity (Wildman–Crippen MR) is 116 cm³/mol. The van der Waals surface area contributed by atoms with E-state index in [4.69, 9.17) is 0 Å². The SMILES string of the molecule is CSc1ccc(S(=O)(=O)N[C@@H](C)CC(C)(C)c2ccccc2)cc1NC(C)=O. The van der Waals surface area contributed by atoms with Gasteiger partial charge < -0.3 is 5.32 Å². The van der Waals surface area contributed by atoms with E-state index in [0.29, 0.717) is 12.1 Å². The molecular formula is C21H28N2O3S2. The Bertz CT molecular complexity index is 926. The molecule has 7 heteroatoms. The van der Waals surface area contributed by atoms with Crippen LogP contribution < -0.4 is 10.0 Å². The van der Waals surface area contributed by atoms with Gasteiger partial charge in [-0.15, -0.1) is 11.8 Å². The van der Waals surface area contributed by atoms with Gasteiger partial charge in [0.25, 0.3) is 0 Å². The highest BCUT2D eigenvalue weighted by Gasteiger charge is 2.26. The summed E-state index contributed by atoms with van der Waals surface area (Å²) in [6.45, 7) is 7.48. The Labute approximate surface area is 172 Å². The van der Waals surface area contributed by atoms with Crippen molar-refractivity contribution in [2.45, 2.75) is 55.4 Å². The largest absolute Gasteiger partial charge is 0.325 e. The first-order chi connectivity index (χ1) is 13.0. The number of nitrogens with one attached hydrogen (secondary N) is 2. The van der Waals surface area contributed by atoms with E-state index in [0.717, 1.165) is 4.90 Å². The van der Waals surface area contributed by atoms with Gasteiger partial charge in [-0.2, -0.15) is 0 Å². The molecule has 152 valence electrons. The van der Waals surface area contributed by atoms with Gasteiger partial charge in [-0.25, -0.2) is 13.1 Å². The topological polar surface area (TPSA) is 75.3 Å². The number of benzene rings is 2. The van der Waals surface area contributed by atoms with Crippen molar-refractivity contribution < 1.29 is 13.2 Å². The standard InChI is InChI=1S/C21H28N2O3S2/c1-15(14-21(3,4)17-9-7-6-8-10-17)23-28(25,26)18-11-12-20(27-5)19(13-18)22-16(2)24/h6-13,15,23H,14H2,1-5H3,(H,22,24)/t15-/m0/s1. The Kier molecular flexibility index (Phi) is 7.31. The Hall–Kier alpha value is -1.83. The van der Waals surface area contributed by atoms with Crippen LogP contribution in [0.5, 0.6) is 0 Å². The molecule has 0 aliphatic heterocycles. The molecule has 0 spiro atoms. The van der Waals surface area contributed by atoms with Crippen molar-refractivity contribution in [2.24, 2.45) is 0 Å². The van der Waals surface area contributed by atoms with Crippen LogP contribution in [0.25, 0.3) is 0 Å². The molecule has 0 saturated carbocycles. The summed E-state index contributed by atoms with van der Waals surface area (Å²) in [7, 11) is -3.71. The van der Waals surface area contributed by atoms with Gasteiger partial charge in [-0.3, -0.25) is 4.79 Å².